The van der Waals surface area contributed by atoms with E-state index in [1.165, 1.54) is 24.3 Å². The van der Waals surface area contributed by atoms with E-state index in [4.69, 9.17) is 5.73 Å². The Morgan fingerprint density at radius 2 is 2.44 bits per heavy atom. The first-order valence-electron chi connectivity index (χ1n) is 6.06. The average molecular weight is 239 g/mol. The fraction of sp³-hybridized carbons (Fsp3) is 0.750. The first-order chi connectivity index (χ1) is 7.65. The van der Waals surface area contributed by atoms with Crippen LogP contribution in [0.5, 0.6) is 0 Å². The van der Waals surface area contributed by atoms with Gasteiger partial charge < -0.3 is 11.1 Å². The molecule has 2 rings (SSSR count). The van der Waals surface area contributed by atoms with Gasteiger partial charge in [0.05, 0.1) is 6.04 Å². The van der Waals surface area contributed by atoms with E-state index in [1.54, 1.807) is 11.3 Å². The third-order valence-corrected chi connectivity index (χ3v) is 4.45. The summed E-state index contributed by atoms with van der Waals surface area (Å²) < 4.78 is 0. The summed E-state index contributed by atoms with van der Waals surface area (Å²) in [5.41, 5.74) is 7.03. The summed E-state index contributed by atoms with van der Waals surface area (Å²) in [6.45, 7) is 5.31. The Morgan fingerprint density at radius 3 is 3.00 bits per heavy atom. The van der Waals surface area contributed by atoms with Gasteiger partial charge >= 0.3 is 0 Å². The summed E-state index contributed by atoms with van der Waals surface area (Å²) >= 11 is 1.74. The number of hydrogen-bond acceptors (Lipinski definition) is 4. The molecule has 0 aromatic carbocycles. The second kappa shape index (κ2) is 5.25. The zero-order chi connectivity index (χ0) is 11.5. The van der Waals surface area contributed by atoms with Gasteiger partial charge in [-0.25, -0.2) is 4.98 Å². The summed E-state index contributed by atoms with van der Waals surface area (Å²) in [4.78, 5) is 4.50. The molecule has 1 aromatic rings. The quantitative estimate of drug-likeness (QED) is 0.847. The van der Waals surface area contributed by atoms with Crippen molar-refractivity contribution in [1.82, 2.24) is 10.3 Å². The lowest BCUT2D eigenvalue weighted by atomic mass is 10.1. The summed E-state index contributed by atoms with van der Waals surface area (Å²) in [5, 5.41) is 6.87. The number of aromatic nitrogens is 1. The van der Waals surface area contributed by atoms with Crippen LogP contribution in [0.4, 0.5) is 0 Å². The molecule has 3 nitrogen and oxygen atoms in total. The number of thiazole rings is 1. The van der Waals surface area contributed by atoms with Crippen molar-refractivity contribution in [1.29, 1.82) is 0 Å². The molecule has 3 atom stereocenters. The van der Waals surface area contributed by atoms with E-state index in [0.29, 0.717) is 12.1 Å². The SMILES string of the molecule is Cc1csc(C(C)NCC2CCC(N)C2)n1. The lowest BCUT2D eigenvalue weighted by molar-refractivity contribution is 0.447. The van der Waals surface area contributed by atoms with E-state index in [1.807, 2.05) is 6.92 Å². The zero-order valence-electron chi connectivity index (χ0n) is 10.1. The van der Waals surface area contributed by atoms with Crippen LogP contribution in [0.2, 0.25) is 0 Å². The molecule has 3 unspecified atom stereocenters. The van der Waals surface area contributed by atoms with Crippen LogP contribution < -0.4 is 11.1 Å². The van der Waals surface area contributed by atoms with Crippen molar-refractivity contribution in [2.24, 2.45) is 11.7 Å². The van der Waals surface area contributed by atoms with Crippen LogP contribution in [0, 0.1) is 12.8 Å². The summed E-state index contributed by atoms with van der Waals surface area (Å²) in [5.74, 6) is 0.763. The molecular weight excluding hydrogens is 218 g/mol. The van der Waals surface area contributed by atoms with Crippen molar-refractivity contribution < 1.29 is 0 Å². The molecule has 1 aromatic heterocycles. The minimum absolute atomic E-state index is 0.371. The second-order valence-corrected chi connectivity index (χ2v) is 5.79. The van der Waals surface area contributed by atoms with E-state index < -0.39 is 0 Å². The Hall–Kier alpha value is -0.450. The fourth-order valence-corrected chi connectivity index (χ4v) is 3.13. The smallest absolute Gasteiger partial charge is 0.110 e. The van der Waals surface area contributed by atoms with Crippen molar-refractivity contribution in [3.63, 3.8) is 0 Å². The average Bonchev–Trinajstić information content (AvgIpc) is 2.84. The predicted octanol–water partition coefficient (Wildman–Crippen LogP) is 2.23. The second-order valence-electron chi connectivity index (χ2n) is 4.90. The van der Waals surface area contributed by atoms with Crippen LogP contribution >= 0.6 is 11.3 Å². The van der Waals surface area contributed by atoms with Crippen molar-refractivity contribution in [2.45, 2.75) is 45.2 Å². The van der Waals surface area contributed by atoms with Crippen LogP contribution in [-0.4, -0.2) is 17.6 Å². The molecule has 0 bridgehead atoms. The third-order valence-electron chi connectivity index (χ3n) is 3.30. The number of nitrogens with zero attached hydrogens (tertiary/aromatic N) is 1. The minimum atomic E-state index is 0.371. The molecule has 1 fully saturated rings. The topological polar surface area (TPSA) is 50.9 Å². The largest absolute Gasteiger partial charge is 0.328 e. The number of aryl methyl sites for hydroxylation is 1. The van der Waals surface area contributed by atoms with E-state index in [-0.39, 0.29) is 0 Å². The van der Waals surface area contributed by atoms with E-state index in [2.05, 4.69) is 22.6 Å². The molecule has 0 amide bonds. The summed E-state index contributed by atoms with van der Waals surface area (Å²) in [6.07, 6.45) is 3.64. The molecular formula is C12H21N3S. The number of nitrogens with one attached hydrogen (secondary N) is 1. The molecule has 16 heavy (non-hydrogen) atoms. The van der Waals surface area contributed by atoms with Gasteiger partial charge in [0.25, 0.3) is 0 Å². The van der Waals surface area contributed by atoms with Crippen LogP contribution in [-0.2, 0) is 0 Å². The normalized spacial score (nSPS) is 27.2. The maximum atomic E-state index is 5.91. The number of nitrogens with two attached hydrogens (primary N) is 1. The minimum Gasteiger partial charge on any atom is -0.328 e. The first-order valence-corrected chi connectivity index (χ1v) is 6.94. The van der Waals surface area contributed by atoms with E-state index in [0.717, 1.165) is 18.2 Å². The highest BCUT2D eigenvalue weighted by atomic mass is 32.1. The van der Waals surface area contributed by atoms with Gasteiger partial charge in [-0.05, 0) is 45.6 Å². The number of rotatable bonds is 4. The molecule has 1 heterocycles. The predicted molar refractivity (Wildman–Crippen MR) is 68.6 cm³/mol. The van der Waals surface area contributed by atoms with Crippen molar-refractivity contribution in [3.05, 3.63) is 16.1 Å². The third kappa shape index (κ3) is 3.03. The Labute approximate surface area is 101 Å². The van der Waals surface area contributed by atoms with Crippen LogP contribution in [0.15, 0.2) is 5.38 Å². The van der Waals surface area contributed by atoms with Gasteiger partial charge in [-0.3, -0.25) is 0 Å². The Kier molecular flexibility index (Phi) is 3.95. The van der Waals surface area contributed by atoms with Crippen molar-refractivity contribution >= 4 is 11.3 Å². The Morgan fingerprint density at radius 1 is 1.62 bits per heavy atom. The highest BCUT2D eigenvalue weighted by Crippen LogP contribution is 2.24. The fourth-order valence-electron chi connectivity index (χ4n) is 2.30. The maximum absolute atomic E-state index is 5.91. The molecule has 1 aliphatic carbocycles. The van der Waals surface area contributed by atoms with E-state index in [9.17, 15) is 0 Å². The van der Waals surface area contributed by atoms with Gasteiger partial charge in [-0.15, -0.1) is 11.3 Å². The molecule has 3 N–H and O–H groups in total. The van der Waals surface area contributed by atoms with Crippen molar-refractivity contribution in [2.75, 3.05) is 6.54 Å². The van der Waals surface area contributed by atoms with Gasteiger partial charge in [0.2, 0.25) is 0 Å². The van der Waals surface area contributed by atoms with Crippen LogP contribution in [0.3, 0.4) is 0 Å². The standard InChI is InChI=1S/C12H21N3S/c1-8-7-16-12(15-8)9(2)14-6-10-3-4-11(13)5-10/h7,9-11,14H,3-6,13H2,1-2H3. The monoisotopic (exact) mass is 239 g/mol. The molecule has 4 heteroatoms. The van der Waals surface area contributed by atoms with E-state index >= 15 is 0 Å². The van der Waals surface area contributed by atoms with Gasteiger partial charge in [-0.2, -0.15) is 0 Å². The Bertz CT molecular complexity index is 337. The molecule has 0 radical (unpaired) electrons. The van der Waals surface area contributed by atoms with Crippen molar-refractivity contribution in [3.8, 4) is 0 Å². The molecule has 0 aliphatic heterocycles. The number of hydrogen-bond donors (Lipinski definition) is 2. The lowest BCUT2D eigenvalue weighted by Crippen LogP contribution is -2.25. The highest BCUT2D eigenvalue weighted by Gasteiger charge is 2.22. The lowest BCUT2D eigenvalue weighted by Gasteiger charge is -2.15. The molecule has 1 saturated carbocycles. The van der Waals surface area contributed by atoms with Crippen LogP contribution in [0.1, 0.15) is 42.9 Å². The molecule has 90 valence electrons. The summed E-state index contributed by atoms with van der Waals surface area (Å²) in [7, 11) is 0. The van der Waals surface area contributed by atoms with Crippen LogP contribution in [0.25, 0.3) is 0 Å². The highest BCUT2D eigenvalue weighted by molar-refractivity contribution is 7.09. The van der Waals surface area contributed by atoms with Gasteiger partial charge in [0.15, 0.2) is 0 Å². The maximum Gasteiger partial charge on any atom is 0.110 e. The molecule has 1 aliphatic rings. The molecule has 0 spiro atoms. The zero-order valence-corrected chi connectivity index (χ0v) is 10.9. The van der Waals surface area contributed by atoms with Gasteiger partial charge in [0, 0.05) is 17.1 Å². The molecule has 0 saturated heterocycles. The summed E-state index contributed by atoms with van der Waals surface area (Å²) in [6, 6.07) is 0.805. The van der Waals surface area contributed by atoms with Gasteiger partial charge in [0.1, 0.15) is 5.01 Å². The first kappa shape index (κ1) is 12.0. The van der Waals surface area contributed by atoms with Gasteiger partial charge in [-0.1, -0.05) is 0 Å². The Balaban J connectivity index is 1.77.